The van der Waals surface area contributed by atoms with Crippen molar-refractivity contribution in [2.24, 2.45) is 0 Å². The topological polar surface area (TPSA) is 67.2 Å². The van der Waals surface area contributed by atoms with E-state index >= 15 is 0 Å². The van der Waals surface area contributed by atoms with Crippen LogP contribution in [-0.2, 0) is 16.1 Å². The van der Waals surface area contributed by atoms with Gasteiger partial charge in [-0.2, -0.15) is 5.10 Å². The zero-order chi connectivity index (χ0) is 14.8. The van der Waals surface area contributed by atoms with Crippen LogP contribution in [0.3, 0.4) is 0 Å². The summed E-state index contributed by atoms with van der Waals surface area (Å²) in [7, 11) is 0. The molecular formula is C15H22N4O2. The van der Waals surface area contributed by atoms with Crippen molar-refractivity contribution in [2.45, 2.75) is 51.1 Å². The third-order valence-corrected chi connectivity index (χ3v) is 4.26. The van der Waals surface area contributed by atoms with Crippen LogP contribution in [0.2, 0.25) is 0 Å². The predicted molar refractivity (Wildman–Crippen MR) is 77.6 cm³/mol. The monoisotopic (exact) mass is 290 g/mol. The summed E-state index contributed by atoms with van der Waals surface area (Å²) in [5, 5.41) is 7.14. The third kappa shape index (κ3) is 3.09. The fraction of sp³-hybridized carbons (Fsp3) is 0.667. The Morgan fingerprint density at radius 1 is 1.48 bits per heavy atom. The van der Waals surface area contributed by atoms with Gasteiger partial charge < -0.3 is 10.2 Å². The van der Waals surface area contributed by atoms with Gasteiger partial charge in [-0.25, -0.2) is 0 Å². The second-order valence-corrected chi connectivity index (χ2v) is 5.90. The van der Waals surface area contributed by atoms with Crippen molar-refractivity contribution in [3.05, 3.63) is 18.0 Å². The largest absolute Gasteiger partial charge is 0.354 e. The minimum Gasteiger partial charge on any atom is -0.354 e. The van der Waals surface area contributed by atoms with Gasteiger partial charge in [0.15, 0.2) is 0 Å². The maximum atomic E-state index is 12.5. The molecule has 1 saturated carbocycles. The zero-order valence-electron chi connectivity index (χ0n) is 12.4. The summed E-state index contributed by atoms with van der Waals surface area (Å²) >= 11 is 0. The average Bonchev–Trinajstić information content (AvgIpc) is 3.24. The molecule has 1 aliphatic carbocycles. The van der Waals surface area contributed by atoms with E-state index in [1.54, 1.807) is 9.58 Å². The van der Waals surface area contributed by atoms with E-state index in [2.05, 4.69) is 10.4 Å². The Morgan fingerprint density at radius 2 is 2.29 bits per heavy atom. The first-order valence-corrected chi connectivity index (χ1v) is 7.78. The lowest BCUT2D eigenvalue weighted by molar-refractivity contribution is -0.140. The zero-order valence-corrected chi connectivity index (χ0v) is 12.4. The molecule has 0 bridgehead atoms. The van der Waals surface area contributed by atoms with Gasteiger partial charge in [-0.05, 0) is 37.2 Å². The molecule has 0 spiro atoms. The minimum absolute atomic E-state index is 0.0238. The molecule has 1 aliphatic heterocycles. The Labute approximate surface area is 124 Å². The van der Waals surface area contributed by atoms with Crippen molar-refractivity contribution in [3.8, 4) is 0 Å². The molecular weight excluding hydrogens is 268 g/mol. The van der Waals surface area contributed by atoms with E-state index in [1.807, 2.05) is 19.3 Å². The molecule has 0 radical (unpaired) electrons. The lowest BCUT2D eigenvalue weighted by Gasteiger charge is -2.27. The SMILES string of the molecule is CC[C@H]1C(=O)NCCCN1C(=O)Cn1cc(C2CC2)cn1. The Morgan fingerprint density at radius 3 is 3.00 bits per heavy atom. The van der Waals surface area contributed by atoms with Crippen molar-refractivity contribution >= 4 is 11.8 Å². The normalized spacial score (nSPS) is 22.8. The van der Waals surface area contributed by atoms with E-state index in [1.165, 1.54) is 18.4 Å². The molecule has 3 rings (SSSR count). The number of carbonyl (C=O) groups is 2. The predicted octanol–water partition coefficient (Wildman–Crippen LogP) is 0.888. The summed E-state index contributed by atoms with van der Waals surface area (Å²) in [5.74, 6) is 0.577. The minimum atomic E-state index is -0.349. The van der Waals surface area contributed by atoms with Crippen LogP contribution in [0.25, 0.3) is 0 Å². The fourth-order valence-electron chi connectivity index (χ4n) is 2.90. The van der Waals surface area contributed by atoms with E-state index in [9.17, 15) is 9.59 Å². The van der Waals surface area contributed by atoms with E-state index in [0.29, 0.717) is 25.4 Å². The van der Waals surface area contributed by atoms with Crippen molar-refractivity contribution in [2.75, 3.05) is 13.1 Å². The van der Waals surface area contributed by atoms with Gasteiger partial charge in [0.25, 0.3) is 0 Å². The lowest BCUT2D eigenvalue weighted by Crippen LogP contribution is -2.47. The maximum absolute atomic E-state index is 12.5. The van der Waals surface area contributed by atoms with E-state index in [0.717, 1.165) is 6.42 Å². The van der Waals surface area contributed by atoms with Gasteiger partial charge in [-0.15, -0.1) is 0 Å². The van der Waals surface area contributed by atoms with Crippen molar-refractivity contribution in [1.29, 1.82) is 0 Å². The summed E-state index contributed by atoms with van der Waals surface area (Å²) < 4.78 is 1.70. The lowest BCUT2D eigenvalue weighted by atomic mass is 10.1. The molecule has 2 aliphatic rings. The Bertz CT molecular complexity index is 536. The van der Waals surface area contributed by atoms with Crippen molar-refractivity contribution in [1.82, 2.24) is 20.0 Å². The van der Waals surface area contributed by atoms with Crippen LogP contribution < -0.4 is 5.32 Å². The number of hydrogen-bond donors (Lipinski definition) is 1. The van der Waals surface area contributed by atoms with Gasteiger partial charge in [0, 0.05) is 19.3 Å². The quantitative estimate of drug-likeness (QED) is 0.895. The summed E-state index contributed by atoms with van der Waals surface area (Å²) in [5.41, 5.74) is 1.23. The third-order valence-electron chi connectivity index (χ3n) is 4.26. The van der Waals surface area contributed by atoms with Crippen LogP contribution >= 0.6 is 0 Å². The molecule has 2 amide bonds. The van der Waals surface area contributed by atoms with Crippen LogP contribution in [0.5, 0.6) is 0 Å². The second kappa shape index (κ2) is 5.87. The van der Waals surface area contributed by atoms with Crippen LogP contribution in [0.1, 0.15) is 44.1 Å². The number of nitrogens with zero attached hydrogens (tertiary/aromatic N) is 3. The van der Waals surface area contributed by atoms with Gasteiger partial charge in [0.2, 0.25) is 11.8 Å². The van der Waals surface area contributed by atoms with Crippen LogP contribution in [0.4, 0.5) is 0 Å². The van der Waals surface area contributed by atoms with Gasteiger partial charge in [0.1, 0.15) is 12.6 Å². The molecule has 1 saturated heterocycles. The number of hydrogen-bond acceptors (Lipinski definition) is 3. The highest BCUT2D eigenvalue weighted by Gasteiger charge is 2.30. The second-order valence-electron chi connectivity index (χ2n) is 5.90. The Balaban J connectivity index is 1.68. The highest BCUT2D eigenvalue weighted by atomic mass is 16.2. The highest BCUT2D eigenvalue weighted by Crippen LogP contribution is 2.39. The van der Waals surface area contributed by atoms with Crippen LogP contribution in [-0.4, -0.2) is 45.6 Å². The summed E-state index contributed by atoms with van der Waals surface area (Å²) in [4.78, 5) is 26.2. The number of nitrogens with one attached hydrogen (secondary N) is 1. The summed E-state index contributed by atoms with van der Waals surface area (Å²) in [6.45, 7) is 3.44. The number of amides is 2. The first-order valence-electron chi connectivity index (χ1n) is 7.78. The molecule has 1 aromatic heterocycles. The average molecular weight is 290 g/mol. The Hall–Kier alpha value is -1.85. The standard InChI is InChI=1S/C15H22N4O2/c1-2-13-15(21)16-6-3-7-19(13)14(20)10-18-9-12(8-17-18)11-4-5-11/h8-9,11,13H,2-7,10H2,1H3,(H,16,21)/t13-/m0/s1. The molecule has 1 aromatic rings. The molecule has 0 unspecified atom stereocenters. The summed E-state index contributed by atoms with van der Waals surface area (Å²) in [6, 6.07) is -0.349. The molecule has 6 nitrogen and oxygen atoms in total. The molecule has 2 fully saturated rings. The van der Waals surface area contributed by atoms with E-state index in [4.69, 9.17) is 0 Å². The first-order chi connectivity index (χ1) is 10.2. The van der Waals surface area contributed by atoms with Gasteiger partial charge in [-0.3, -0.25) is 14.3 Å². The van der Waals surface area contributed by atoms with Crippen LogP contribution in [0, 0.1) is 0 Å². The number of aromatic nitrogens is 2. The highest BCUT2D eigenvalue weighted by molar-refractivity contribution is 5.87. The van der Waals surface area contributed by atoms with E-state index < -0.39 is 0 Å². The van der Waals surface area contributed by atoms with Crippen molar-refractivity contribution in [3.63, 3.8) is 0 Å². The molecule has 1 N–H and O–H groups in total. The smallest absolute Gasteiger partial charge is 0.244 e. The number of carbonyl (C=O) groups excluding carboxylic acids is 2. The Kier molecular flexibility index (Phi) is 3.94. The molecule has 6 heteroatoms. The molecule has 1 atom stereocenters. The fourth-order valence-corrected chi connectivity index (χ4v) is 2.90. The van der Waals surface area contributed by atoms with Gasteiger partial charge >= 0.3 is 0 Å². The van der Waals surface area contributed by atoms with Gasteiger partial charge in [-0.1, -0.05) is 6.92 Å². The first kappa shape index (κ1) is 14.1. The number of rotatable bonds is 4. The molecule has 21 heavy (non-hydrogen) atoms. The molecule has 2 heterocycles. The van der Waals surface area contributed by atoms with E-state index in [-0.39, 0.29) is 24.4 Å². The van der Waals surface area contributed by atoms with Crippen LogP contribution in [0.15, 0.2) is 12.4 Å². The summed E-state index contributed by atoms with van der Waals surface area (Å²) in [6.07, 6.45) is 7.73. The maximum Gasteiger partial charge on any atom is 0.244 e. The van der Waals surface area contributed by atoms with Crippen molar-refractivity contribution < 1.29 is 9.59 Å². The van der Waals surface area contributed by atoms with Gasteiger partial charge in [0.05, 0.1) is 6.20 Å². The molecule has 114 valence electrons. The molecule has 0 aromatic carbocycles.